The van der Waals surface area contributed by atoms with Crippen LogP contribution in [0.15, 0.2) is 60.9 Å². The van der Waals surface area contributed by atoms with Crippen LogP contribution in [0.5, 0.6) is 0 Å². The SMILES string of the molecule is Cc1ccc(Nc2nccc([C@H]3CCCN3S(=O)(=O)Cc3ccccc3)n2)nc1. The normalized spacial score (nSPS) is 17.3. The van der Waals surface area contributed by atoms with E-state index in [2.05, 4.69) is 20.3 Å². The van der Waals surface area contributed by atoms with Crippen molar-refractivity contribution in [2.24, 2.45) is 0 Å². The zero-order valence-electron chi connectivity index (χ0n) is 16.2. The van der Waals surface area contributed by atoms with Crippen molar-refractivity contribution >= 4 is 21.8 Å². The van der Waals surface area contributed by atoms with Crippen LogP contribution in [0.25, 0.3) is 0 Å². The summed E-state index contributed by atoms with van der Waals surface area (Å²) in [5.41, 5.74) is 2.55. The summed E-state index contributed by atoms with van der Waals surface area (Å²) < 4.78 is 27.7. The molecule has 7 nitrogen and oxygen atoms in total. The second kappa shape index (κ2) is 8.26. The van der Waals surface area contributed by atoms with E-state index < -0.39 is 10.0 Å². The highest BCUT2D eigenvalue weighted by Gasteiger charge is 2.36. The van der Waals surface area contributed by atoms with Crippen LogP contribution in [0.1, 0.15) is 35.7 Å². The van der Waals surface area contributed by atoms with Crippen LogP contribution >= 0.6 is 0 Å². The molecule has 4 rings (SSSR count). The van der Waals surface area contributed by atoms with Crippen molar-refractivity contribution in [3.63, 3.8) is 0 Å². The van der Waals surface area contributed by atoms with Crippen LogP contribution in [0.2, 0.25) is 0 Å². The first-order valence-electron chi connectivity index (χ1n) is 9.57. The van der Waals surface area contributed by atoms with Crippen molar-refractivity contribution in [1.82, 2.24) is 19.3 Å². The molecular formula is C21H23N5O2S. The zero-order valence-corrected chi connectivity index (χ0v) is 17.0. The molecule has 1 fully saturated rings. The molecule has 1 saturated heterocycles. The molecule has 0 radical (unpaired) electrons. The van der Waals surface area contributed by atoms with Gasteiger partial charge in [-0.3, -0.25) is 0 Å². The molecule has 0 spiro atoms. The van der Waals surface area contributed by atoms with Gasteiger partial charge in [0.25, 0.3) is 0 Å². The molecule has 1 aliphatic rings. The van der Waals surface area contributed by atoms with Gasteiger partial charge in [0.05, 0.1) is 17.5 Å². The lowest BCUT2D eigenvalue weighted by Gasteiger charge is -2.24. The Morgan fingerprint density at radius 1 is 1.10 bits per heavy atom. The van der Waals surface area contributed by atoms with Gasteiger partial charge in [-0.05, 0) is 43.0 Å². The van der Waals surface area contributed by atoms with E-state index in [1.807, 2.05) is 49.4 Å². The third kappa shape index (κ3) is 4.60. The number of pyridine rings is 1. The number of anilines is 2. The molecule has 0 bridgehead atoms. The highest BCUT2D eigenvalue weighted by molar-refractivity contribution is 7.88. The molecule has 1 aromatic carbocycles. The van der Waals surface area contributed by atoms with Crippen LogP contribution in [0.3, 0.4) is 0 Å². The largest absolute Gasteiger partial charge is 0.309 e. The first kappa shape index (κ1) is 19.5. The van der Waals surface area contributed by atoms with Gasteiger partial charge in [0.2, 0.25) is 16.0 Å². The fourth-order valence-electron chi connectivity index (χ4n) is 3.51. The van der Waals surface area contributed by atoms with E-state index in [0.717, 1.165) is 24.0 Å². The molecule has 8 heteroatoms. The zero-order chi connectivity index (χ0) is 20.3. The Morgan fingerprint density at radius 2 is 1.93 bits per heavy atom. The minimum Gasteiger partial charge on any atom is -0.309 e. The van der Waals surface area contributed by atoms with Crippen LogP contribution < -0.4 is 5.32 Å². The summed E-state index contributed by atoms with van der Waals surface area (Å²) in [6.07, 6.45) is 4.97. The lowest BCUT2D eigenvalue weighted by atomic mass is 10.1. The molecule has 0 saturated carbocycles. The topological polar surface area (TPSA) is 88.1 Å². The number of sulfonamides is 1. The third-order valence-corrected chi connectivity index (χ3v) is 6.77. The molecule has 1 N–H and O–H groups in total. The monoisotopic (exact) mass is 409 g/mol. The van der Waals surface area contributed by atoms with E-state index in [-0.39, 0.29) is 11.8 Å². The average molecular weight is 410 g/mol. The van der Waals surface area contributed by atoms with Gasteiger partial charge in [-0.25, -0.2) is 23.4 Å². The quantitative estimate of drug-likeness (QED) is 0.669. The lowest BCUT2D eigenvalue weighted by Crippen LogP contribution is -2.32. The Balaban J connectivity index is 1.54. The first-order chi connectivity index (χ1) is 14.0. The highest BCUT2D eigenvalue weighted by Crippen LogP contribution is 2.34. The molecule has 1 atom stereocenters. The number of hydrogen-bond donors (Lipinski definition) is 1. The maximum absolute atomic E-state index is 13.1. The van der Waals surface area contributed by atoms with Gasteiger partial charge in [-0.1, -0.05) is 36.4 Å². The molecule has 3 heterocycles. The van der Waals surface area contributed by atoms with Crippen LogP contribution in [0, 0.1) is 6.92 Å². The van der Waals surface area contributed by atoms with Crippen LogP contribution in [-0.4, -0.2) is 34.2 Å². The first-order valence-corrected chi connectivity index (χ1v) is 11.2. The molecule has 150 valence electrons. The van der Waals surface area contributed by atoms with Gasteiger partial charge >= 0.3 is 0 Å². The van der Waals surface area contributed by atoms with E-state index in [1.165, 1.54) is 0 Å². The lowest BCUT2D eigenvalue weighted by molar-refractivity contribution is 0.390. The summed E-state index contributed by atoms with van der Waals surface area (Å²) in [6, 6.07) is 14.6. The molecule has 0 aliphatic carbocycles. The Bertz CT molecular complexity index is 1070. The summed E-state index contributed by atoms with van der Waals surface area (Å²) in [7, 11) is -3.45. The van der Waals surface area contributed by atoms with Crippen molar-refractivity contribution in [2.45, 2.75) is 31.6 Å². The van der Waals surface area contributed by atoms with Gasteiger partial charge in [-0.15, -0.1) is 0 Å². The fraction of sp³-hybridized carbons (Fsp3) is 0.286. The van der Waals surface area contributed by atoms with Gasteiger partial charge in [0.1, 0.15) is 5.82 Å². The number of benzene rings is 1. The van der Waals surface area contributed by atoms with Crippen molar-refractivity contribution in [2.75, 3.05) is 11.9 Å². The second-order valence-electron chi connectivity index (χ2n) is 7.16. The number of aromatic nitrogens is 3. The summed E-state index contributed by atoms with van der Waals surface area (Å²) in [5.74, 6) is 1.05. The van der Waals surface area contributed by atoms with Crippen molar-refractivity contribution in [3.05, 3.63) is 77.7 Å². The van der Waals surface area contributed by atoms with E-state index in [1.54, 1.807) is 22.8 Å². The van der Waals surface area contributed by atoms with E-state index in [0.29, 0.717) is 24.0 Å². The molecule has 1 aliphatic heterocycles. The standard InChI is InChI=1S/C21H23N5O2S/c1-16-9-10-20(23-14-16)25-21-22-12-11-18(24-21)19-8-5-13-26(19)29(27,28)15-17-6-3-2-4-7-17/h2-4,6-7,9-12,14,19H,5,8,13,15H2,1H3,(H,22,23,24,25)/t19-/m1/s1. The molecule has 2 aromatic heterocycles. The molecule has 3 aromatic rings. The predicted molar refractivity (Wildman–Crippen MR) is 112 cm³/mol. The van der Waals surface area contributed by atoms with Crippen molar-refractivity contribution < 1.29 is 8.42 Å². The van der Waals surface area contributed by atoms with Gasteiger partial charge in [-0.2, -0.15) is 4.31 Å². The average Bonchev–Trinajstić information content (AvgIpc) is 3.22. The second-order valence-corrected chi connectivity index (χ2v) is 9.08. The summed E-state index contributed by atoms with van der Waals surface area (Å²) in [5, 5.41) is 3.09. The van der Waals surface area contributed by atoms with Gasteiger partial charge < -0.3 is 5.32 Å². The van der Waals surface area contributed by atoms with Crippen LogP contribution in [-0.2, 0) is 15.8 Å². The van der Waals surface area contributed by atoms with Gasteiger partial charge in [0, 0.05) is 18.9 Å². The number of hydrogen-bond acceptors (Lipinski definition) is 6. The highest BCUT2D eigenvalue weighted by atomic mass is 32.2. The Kier molecular flexibility index (Phi) is 5.55. The maximum Gasteiger partial charge on any atom is 0.228 e. The van der Waals surface area contributed by atoms with Crippen LogP contribution in [0.4, 0.5) is 11.8 Å². The smallest absolute Gasteiger partial charge is 0.228 e. The molecular weight excluding hydrogens is 386 g/mol. The summed E-state index contributed by atoms with van der Waals surface area (Å²) >= 11 is 0. The molecule has 0 unspecified atom stereocenters. The van der Waals surface area contributed by atoms with E-state index >= 15 is 0 Å². The van der Waals surface area contributed by atoms with Gasteiger partial charge in [0.15, 0.2) is 0 Å². The number of aryl methyl sites for hydroxylation is 1. The van der Waals surface area contributed by atoms with E-state index in [9.17, 15) is 8.42 Å². The summed E-state index contributed by atoms with van der Waals surface area (Å²) in [4.78, 5) is 13.1. The number of nitrogens with zero attached hydrogens (tertiary/aromatic N) is 4. The minimum absolute atomic E-state index is 0.00613. The number of rotatable bonds is 6. The molecule has 29 heavy (non-hydrogen) atoms. The Morgan fingerprint density at radius 3 is 2.69 bits per heavy atom. The van der Waals surface area contributed by atoms with Crippen molar-refractivity contribution in [1.29, 1.82) is 0 Å². The molecule has 0 amide bonds. The minimum atomic E-state index is -3.45. The fourth-order valence-corrected chi connectivity index (χ4v) is 5.30. The van der Waals surface area contributed by atoms with E-state index in [4.69, 9.17) is 0 Å². The van der Waals surface area contributed by atoms with Crippen molar-refractivity contribution in [3.8, 4) is 0 Å². The Hall–Kier alpha value is -2.84. The maximum atomic E-state index is 13.1. The summed E-state index contributed by atoms with van der Waals surface area (Å²) in [6.45, 7) is 2.48. The predicted octanol–water partition coefficient (Wildman–Crippen LogP) is 3.59. The third-order valence-electron chi connectivity index (χ3n) is 4.92. The Labute approximate surface area is 170 Å². The number of nitrogens with one attached hydrogen (secondary N) is 1.